The van der Waals surface area contributed by atoms with Crippen LogP contribution >= 0.6 is 24.4 Å². The number of ketones is 1. The van der Waals surface area contributed by atoms with Gasteiger partial charge in [0.05, 0.1) is 23.4 Å². The Morgan fingerprint density at radius 2 is 1.76 bits per heavy atom. The first-order valence-electron chi connectivity index (χ1n) is 11.1. The Labute approximate surface area is 249 Å². The van der Waals surface area contributed by atoms with E-state index >= 15 is 0 Å². The van der Waals surface area contributed by atoms with Crippen molar-refractivity contribution in [2.24, 2.45) is 4.99 Å². The Hall–Kier alpha value is -3.55. The summed E-state index contributed by atoms with van der Waals surface area (Å²) in [5.74, 6) is -1.26. The molecule has 2 atom stereocenters. The van der Waals surface area contributed by atoms with E-state index in [2.05, 4.69) is 25.8 Å². The third-order valence-electron chi connectivity index (χ3n) is 5.69. The summed E-state index contributed by atoms with van der Waals surface area (Å²) < 4.78 is 8.13. The van der Waals surface area contributed by atoms with E-state index in [1.165, 1.54) is 6.40 Å². The number of benzene rings is 3. The molecule has 5 rings (SSSR count). The number of hydrogen-bond acceptors (Lipinski definition) is 9. The van der Waals surface area contributed by atoms with Gasteiger partial charge in [-0.05, 0) is 66.9 Å². The minimum absolute atomic E-state index is 0. The third kappa shape index (κ3) is 5.79. The Balaban J connectivity index is 0.00000336. The number of rotatable bonds is 7. The standard InChI is InChI=1S/C25H20N6O4S2.Na/c32-22-18-10-9-15(11-19(18)28-21(23(33)34)20(22)27-14-5-2-1-3-6-14)26-13-35-17-8-4-7-16(12-17)31-24(36)29-30-25(31)37;/h1-13,20-21,27-28H,(H,29,36)(H,30,37)(H,33,34);/q;+1/p-1. The first kappa shape index (κ1) is 27.5. The van der Waals surface area contributed by atoms with E-state index in [-0.39, 0.29) is 35.3 Å². The van der Waals surface area contributed by atoms with Gasteiger partial charge < -0.3 is 25.3 Å². The average molecular weight is 555 g/mol. The number of nitrogens with zero attached hydrogens (tertiary/aromatic N) is 2. The van der Waals surface area contributed by atoms with E-state index in [0.29, 0.717) is 43.6 Å². The van der Waals surface area contributed by atoms with Crippen molar-refractivity contribution in [3.8, 4) is 11.4 Å². The van der Waals surface area contributed by atoms with Crippen molar-refractivity contribution in [3.05, 3.63) is 87.9 Å². The van der Waals surface area contributed by atoms with Crippen LogP contribution in [0.2, 0.25) is 0 Å². The summed E-state index contributed by atoms with van der Waals surface area (Å²) in [6.07, 6.45) is 1.25. The number of nitrogens with one attached hydrogen (secondary N) is 4. The number of hydrogen-bond donors (Lipinski definition) is 4. The quantitative estimate of drug-likeness (QED) is 0.112. The molecule has 0 spiro atoms. The van der Waals surface area contributed by atoms with Crippen molar-refractivity contribution in [1.82, 2.24) is 14.8 Å². The number of H-pyrrole nitrogens is 2. The normalized spacial score (nSPS) is 16.3. The number of anilines is 2. The van der Waals surface area contributed by atoms with Crippen molar-refractivity contribution < 1.29 is 49.0 Å². The van der Waals surface area contributed by atoms with E-state index < -0.39 is 18.1 Å². The molecule has 1 aliphatic rings. The molecule has 0 bridgehead atoms. The van der Waals surface area contributed by atoms with Gasteiger partial charge in [-0.2, -0.15) is 0 Å². The maximum Gasteiger partial charge on any atom is 1.00 e. The number of aliphatic imine (C=N–C) groups is 1. The minimum Gasteiger partial charge on any atom is -0.548 e. The van der Waals surface area contributed by atoms with E-state index in [0.717, 1.165) is 0 Å². The van der Waals surface area contributed by atoms with E-state index in [1.54, 1.807) is 65.2 Å². The summed E-state index contributed by atoms with van der Waals surface area (Å²) in [5.41, 5.74) is 2.48. The minimum atomic E-state index is -1.40. The number of ether oxygens (including phenoxy) is 1. The number of carboxylic acid groups (broad SMARTS) is 1. The first-order valence-corrected chi connectivity index (χ1v) is 11.9. The smallest absolute Gasteiger partial charge is 0.548 e. The van der Waals surface area contributed by atoms with Gasteiger partial charge in [0.2, 0.25) is 0 Å². The van der Waals surface area contributed by atoms with Gasteiger partial charge in [-0.25, -0.2) is 4.99 Å². The van der Waals surface area contributed by atoms with Crippen LogP contribution in [-0.2, 0) is 4.79 Å². The molecule has 0 amide bonds. The fourth-order valence-corrected chi connectivity index (χ4v) is 4.52. The second kappa shape index (κ2) is 11.9. The molecular weight excluding hydrogens is 535 g/mol. The summed E-state index contributed by atoms with van der Waals surface area (Å²) >= 11 is 10.5. The van der Waals surface area contributed by atoms with Gasteiger partial charge in [0.25, 0.3) is 0 Å². The molecule has 1 aliphatic heterocycles. The number of carboxylic acids is 1. The Kier molecular flexibility index (Phi) is 8.59. The van der Waals surface area contributed by atoms with Crippen molar-refractivity contribution in [2.75, 3.05) is 10.6 Å². The molecule has 4 aromatic rings. The number of fused-ring (bicyclic) bond motifs is 1. The molecule has 0 radical (unpaired) electrons. The largest absolute Gasteiger partial charge is 1.00 e. The summed E-state index contributed by atoms with van der Waals surface area (Å²) in [5, 5.41) is 23.3. The molecule has 38 heavy (non-hydrogen) atoms. The predicted molar refractivity (Wildman–Crippen MR) is 142 cm³/mol. The van der Waals surface area contributed by atoms with Crippen LogP contribution in [-0.4, -0.2) is 45.0 Å². The molecule has 2 unspecified atom stereocenters. The van der Waals surface area contributed by atoms with Crippen LogP contribution in [0, 0.1) is 9.54 Å². The molecular formula is C25H19N6NaO4S2. The SMILES string of the molecule is O=C([O-])C1Nc2cc(N=COc3cccc(-n4c(=S)[nH][nH]c4=S)c3)ccc2C(=O)C1Nc1ccccc1.[Na+]. The zero-order valence-corrected chi connectivity index (χ0v) is 23.6. The number of para-hydroxylation sites is 1. The van der Waals surface area contributed by atoms with Crippen molar-refractivity contribution in [2.45, 2.75) is 12.1 Å². The van der Waals surface area contributed by atoms with E-state index in [4.69, 9.17) is 29.2 Å². The zero-order valence-electron chi connectivity index (χ0n) is 20.0. The molecule has 186 valence electrons. The number of aliphatic carboxylic acids is 1. The summed E-state index contributed by atoms with van der Waals surface area (Å²) in [7, 11) is 0. The predicted octanol–water partition coefficient (Wildman–Crippen LogP) is 0.543. The molecule has 0 fully saturated rings. The van der Waals surface area contributed by atoms with Crippen LogP contribution in [0.1, 0.15) is 10.4 Å². The van der Waals surface area contributed by atoms with Crippen LogP contribution in [0.15, 0.2) is 77.8 Å². The van der Waals surface area contributed by atoms with Gasteiger partial charge in [0.1, 0.15) is 11.8 Å². The number of aromatic amines is 2. The van der Waals surface area contributed by atoms with Gasteiger partial charge in [-0.15, -0.1) is 0 Å². The van der Waals surface area contributed by atoms with Gasteiger partial charge >= 0.3 is 29.6 Å². The van der Waals surface area contributed by atoms with Gasteiger partial charge in [0, 0.05) is 23.0 Å². The molecule has 4 N–H and O–H groups in total. The number of aromatic nitrogens is 3. The average Bonchev–Trinajstić information content (AvgIpc) is 3.23. The van der Waals surface area contributed by atoms with E-state index in [9.17, 15) is 14.7 Å². The van der Waals surface area contributed by atoms with Gasteiger partial charge in [0.15, 0.2) is 21.7 Å². The molecule has 0 aliphatic carbocycles. The number of Topliss-reactive ketones (excluding diaryl/α,β-unsaturated/α-hetero) is 1. The van der Waals surface area contributed by atoms with Crippen molar-refractivity contribution >= 4 is 59.7 Å². The van der Waals surface area contributed by atoms with Crippen LogP contribution in [0.4, 0.5) is 17.1 Å². The first-order chi connectivity index (χ1) is 17.9. The van der Waals surface area contributed by atoms with Gasteiger partial charge in [-0.3, -0.25) is 19.6 Å². The van der Waals surface area contributed by atoms with Crippen LogP contribution < -0.4 is 50.0 Å². The summed E-state index contributed by atoms with van der Waals surface area (Å²) in [6, 6.07) is 18.5. The maximum atomic E-state index is 13.1. The molecule has 10 nitrogen and oxygen atoms in total. The Morgan fingerprint density at radius 1 is 1.03 bits per heavy atom. The molecule has 0 saturated heterocycles. The third-order valence-corrected chi connectivity index (χ3v) is 6.26. The van der Waals surface area contributed by atoms with Gasteiger partial charge in [-0.1, -0.05) is 24.3 Å². The molecule has 2 heterocycles. The fourth-order valence-electron chi connectivity index (χ4n) is 3.96. The monoisotopic (exact) mass is 554 g/mol. The molecule has 1 aromatic heterocycles. The second-order valence-corrected chi connectivity index (χ2v) is 8.84. The van der Waals surface area contributed by atoms with Crippen molar-refractivity contribution in [3.63, 3.8) is 0 Å². The molecule has 13 heteroatoms. The summed E-state index contributed by atoms with van der Waals surface area (Å²) in [6.45, 7) is 0. The van der Waals surface area contributed by atoms with E-state index in [1.807, 2.05) is 12.1 Å². The molecule has 3 aromatic carbocycles. The molecule has 0 saturated carbocycles. The zero-order chi connectivity index (χ0) is 25.9. The Bertz CT molecular complexity index is 1610. The van der Waals surface area contributed by atoms with Crippen molar-refractivity contribution in [1.29, 1.82) is 0 Å². The van der Waals surface area contributed by atoms with Crippen LogP contribution in [0.5, 0.6) is 5.75 Å². The topological polar surface area (TPSA) is 139 Å². The van der Waals surface area contributed by atoms with Crippen LogP contribution in [0.25, 0.3) is 5.69 Å². The van der Waals surface area contributed by atoms with Crippen LogP contribution in [0.3, 0.4) is 0 Å². The Morgan fingerprint density at radius 3 is 2.47 bits per heavy atom. The number of carbonyl (C=O) groups excluding carboxylic acids is 2. The fraction of sp³-hybridized carbons (Fsp3) is 0.0800. The second-order valence-electron chi connectivity index (χ2n) is 8.07. The summed E-state index contributed by atoms with van der Waals surface area (Å²) in [4.78, 5) is 29.3. The maximum absolute atomic E-state index is 13.1. The number of carbonyl (C=O) groups is 2.